The molecule has 1 saturated carbocycles. The van der Waals surface area contributed by atoms with Crippen molar-refractivity contribution < 1.29 is 14.9 Å². The predicted molar refractivity (Wildman–Crippen MR) is 116 cm³/mol. The van der Waals surface area contributed by atoms with Crippen molar-refractivity contribution in [3.8, 4) is 0 Å². The first-order valence-electron chi connectivity index (χ1n) is 10.6. The molecule has 1 aliphatic rings. The van der Waals surface area contributed by atoms with Crippen molar-refractivity contribution in [2.24, 2.45) is 5.92 Å². The number of amides is 2. The lowest BCUT2D eigenvalue weighted by Gasteiger charge is -2.20. The highest BCUT2D eigenvalue weighted by Crippen LogP contribution is 2.22. The van der Waals surface area contributed by atoms with Gasteiger partial charge in [-0.2, -0.15) is 0 Å². The van der Waals surface area contributed by atoms with Crippen LogP contribution in [-0.4, -0.2) is 24.4 Å². The minimum Gasteiger partial charge on any atom is -0.349 e. The van der Waals surface area contributed by atoms with E-state index >= 15 is 0 Å². The Bertz CT molecular complexity index is 841. The SMILES string of the molecule is CCc1ccc([C@H]([NH2+]CC(=O)Nc2ccccc2C(=O)NC2CC2)C(C)C)cc1. The third kappa shape index (κ3) is 5.91. The molecule has 3 rings (SSSR count). The molecule has 0 heterocycles. The highest BCUT2D eigenvalue weighted by atomic mass is 16.2. The Morgan fingerprint density at radius 2 is 1.76 bits per heavy atom. The molecule has 1 atom stereocenters. The van der Waals surface area contributed by atoms with Crippen LogP contribution in [0, 0.1) is 5.92 Å². The number of rotatable bonds is 9. The second-order valence-electron chi connectivity index (χ2n) is 8.15. The molecule has 2 aromatic carbocycles. The molecule has 0 spiro atoms. The van der Waals surface area contributed by atoms with Crippen LogP contribution in [-0.2, 0) is 11.2 Å². The smallest absolute Gasteiger partial charge is 0.279 e. The van der Waals surface area contributed by atoms with Crippen LogP contribution in [0.3, 0.4) is 0 Å². The third-order valence-corrected chi connectivity index (χ3v) is 5.41. The molecular weight excluding hydrogens is 362 g/mol. The van der Waals surface area contributed by atoms with Gasteiger partial charge in [-0.15, -0.1) is 0 Å². The summed E-state index contributed by atoms with van der Waals surface area (Å²) in [6, 6.07) is 16.3. The lowest BCUT2D eigenvalue weighted by atomic mass is 9.95. The molecule has 29 heavy (non-hydrogen) atoms. The molecule has 0 unspecified atom stereocenters. The summed E-state index contributed by atoms with van der Waals surface area (Å²) >= 11 is 0. The Hall–Kier alpha value is -2.66. The molecule has 154 valence electrons. The van der Waals surface area contributed by atoms with Gasteiger partial charge in [0, 0.05) is 17.5 Å². The molecule has 2 aromatic rings. The third-order valence-electron chi connectivity index (χ3n) is 5.41. The van der Waals surface area contributed by atoms with Crippen LogP contribution in [0.25, 0.3) is 0 Å². The molecule has 5 nitrogen and oxygen atoms in total. The Balaban J connectivity index is 1.61. The van der Waals surface area contributed by atoms with Crippen LogP contribution in [0.15, 0.2) is 48.5 Å². The molecule has 0 aromatic heterocycles. The van der Waals surface area contributed by atoms with Crippen LogP contribution < -0.4 is 16.0 Å². The number of nitrogens with two attached hydrogens (primary N) is 1. The monoisotopic (exact) mass is 394 g/mol. The number of aryl methyl sites for hydroxylation is 1. The first kappa shape index (κ1) is 21.1. The van der Waals surface area contributed by atoms with Crippen molar-refractivity contribution in [3.63, 3.8) is 0 Å². The van der Waals surface area contributed by atoms with Crippen molar-refractivity contribution in [2.75, 3.05) is 11.9 Å². The van der Waals surface area contributed by atoms with Gasteiger partial charge in [-0.25, -0.2) is 0 Å². The second-order valence-corrected chi connectivity index (χ2v) is 8.15. The van der Waals surface area contributed by atoms with Gasteiger partial charge in [0.2, 0.25) is 0 Å². The number of carbonyl (C=O) groups excluding carboxylic acids is 2. The van der Waals surface area contributed by atoms with E-state index in [-0.39, 0.29) is 23.9 Å². The van der Waals surface area contributed by atoms with E-state index in [2.05, 4.69) is 61.0 Å². The van der Waals surface area contributed by atoms with Gasteiger partial charge in [-0.05, 0) is 37.0 Å². The largest absolute Gasteiger partial charge is 0.349 e. The average molecular weight is 395 g/mol. The van der Waals surface area contributed by atoms with E-state index in [1.54, 1.807) is 12.1 Å². The van der Waals surface area contributed by atoms with Crippen LogP contribution in [0.2, 0.25) is 0 Å². The highest BCUT2D eigenvalue weighted by molar-refractivity contribution is 6.04. The molecule has 0 aliphatic heterocycles. The standard InChI is InChI=1S/C24H31N3O2/c1-4-17-9-11-18(12-10-17)23(16(2)3)25-15-22(28)27-21-8-6-5-7-20(21)24(29)26-19-13-14-19/h5-12,16,19,23,25H,4,13-15H2,1-3H3,(H,26,29)(H,27,28)/p+1/t23-/m1/s1. The van der Waals surface area contributed by atoms with Crippen molar-refractivity contribution in [3.05, 3.63) is 65.2 Å². The zero-order valence-corrected chi connectivity index (χ0v) is 17.6. The molecule has 0 radical (unpaired) electrons. The van der Waals surface area contributed by atoms with E-state index in [1.165, 1.54) is 11.1 Å². The first-order chi connectivity index (χ1) is 14.0. The summed E-state index contributed by atoms with van der Waals surface area (Å²) in [6.07, 6.45) is 3.09. The number of nitrogens with one attached hydrogen (secondary N) is 2. The van der Waals surface area contributed by atoms with Gasteiger partial charge in [0.25, 0.3) is 11.8 Å². The van der Waals surface area contributed by atoms with Gasteiger partial charge in [-0.3, -0.25) is 9.59 Å². The molecule has 4 N–H and O–H groups in total. The molecule has 2 amide bonds. The van der Waals surface area contributed by atoms with E-state index < -0.39 is 0 Å². The topological polar surface area (TPSA) is 74.8 Å². The van der Waals surface area contributed by atoms with Crippen LogP contribution in [0.5, 0.6) is 0 Å². The molecule has 0 bridgehead atoms. The maximum atomic E-state index is 12.6. The van der Waals surface area contributed by atoms with Crippen molar-refractivity contribution in [1.29, 1.82) is 0 Å². The van der Waals surface area contributed by atoms with Crippen molar-refractivity contribution >= 4 is 17.5 Å². The van der Waals surface area contributed by atoms with Crippen molar-refractivity contribution in [2.45, 2.75) is 52.1 Å². The number of benzene rings is 2. The summed E-state index contributed by atoms with van der Waals surface area (Å²) in [4.78, 5) is 25.0. The highest BCUT2D eigenvalue weighted by Gasteiger charge is 2.25. The lowest BCUT2D eigenvalue weighted by Crippen LogP contribution is -2.88. The van der Waals surface area contributed by atoms with Gasteiger partial charge >= 0.3 is 0 Å². The molecule has 1 aliphatic carbocycles. The minimum absolute atomic E-state index is 0.104. The van der Waals surface area contributed by atoms with E-state index in [4.69, 9.17) is 0 Å². The maximum absolute atomic E-state index is 12.6. The molecule has 0 saturated heterocycles. The van der Waals surface area contributed by atoms with E-state index in [0.717, 1.165) is 19.3 Å². The average Bonchev–Trinajstić information content (AvgIpc) is 3.52. The second kappa shape index (κ2) is 9.70. The summed E-state index contributed by atoms with van der Waals surface area (Å²) in [5.74, 6) is 0.169. The van der Waals surface area contributed by atoms with Crippen molar-refractivity contribution in [1.82, 2.24) is 5.32 Å². The Labute approximate surface area is 173 Å². The van der Waals surface area contributed by atoms with E-state index in [9.17, 15) is 9.59 Å². The minimum atomic E-state index is -0.122. The van der Waals surface area contributed by atoms with Gasteiger partial charge in [0.15, 0.2) is 6.54 Å². The summed E-state index contributed by atoms with van der Waals surface area (Å²) in [7, 11) is 0. The first-order valence-corrected chi connectivity index (χ1v) is 10.6. The van der Waals surface area contributed by atoms with E-state index in [0.29, 0.717) is 23.7 Å². The summed E-state index contributed by atoms with van der Waals surface area (Å²) in [5.41, 5.74) is 3.63. The number of quaternary nitrogens is 1. The Morgan fingerprint density at radius 3 is 2.38 bits per heavy atom. The fourth-order valence-corrected chi connectivity index (χ4v) is 3.48. The van der Waals surface area contributed by atoms with Crippen LogP contribution >= 0.6 is 0 Å². The van der Waals surface area contributed by atoms with Gasteiger partial charge < -0.3 is 16.0 Å². The van der Waals surface area contributed by atoms with Gasteiger partial charge in [0.1, 0.15) is 6.04 Å². The molecule has 1 fully saturated rings. The quantitative estimate of drug-likeness (QED) is 0.611. The predicted octanol–water partition coefficient (Wildman–Crippen LogP) is 3.04. The normalized spacial score (nSPS) is 14.5. The zero-order chi connectivity index (χ0) is 20.8. The number of hydrogen-bond donors (Lipinski definition) is 3. The number of para-hydroxylation sites is 1. The number of carbonyl (C=O) groups is 2. The fraction of sp³-hybridized carbons (Fsp3) is 0.417. The van der Waals surface area contributed by atoms with E-state index in [1.807, 2.05) is 12.1 Å². The summed E-state index contributed by atoms with van der Waals surface area (Å²) in [5, 5.41) is 7.98. The number of hydrogen-bond acceptors (Lipinski definition) is 2. The summed E-state index contributed by atoms with van der Waals surface area (Å²) < 4.78 is 0. The molecule has 5 heteroatoms. The fourth-order valence-electron chi connectivity index (χ4n) is 3.48. The zero-order valence-electron chi connectivity index (χ0n) is 17.6. The summed E-state index contributed by atoms with van der Waals surface area (Å²) in [6.45, 7) is 6.79. The lowest BCUT2D eigenvalue weighted by molar-refractivity contribution is -0.692. The maximum Gasteiger partial charge on any atom is 0.279 e. The van der Waals surface area contributed by atoms with Gasteiger partial charge in [0.05, 0.1) is 11.3 Å². The van der Waals surface area contributed by atoms with Crippen LogP contribution in [0.4, 0.5) is 5.69 Å². The number of anilines is 1. The Morgan fingerprint density at radius 1 is 1.07 bits per heavy atom. The Kier molecular flexibility index (Phi) is 7.04. The van der Waals surface area contributed by atoms with Crippen LogP contribution in [0.1, 0.15) is 61.1 Å². The molecular formula is C24H32N3O2+. The van der Waals surface area contributed by atoms with Gasteiger partial charge in [-0.1, -0.05) is 57.2 Å².